The first-order valence-electron chi connectivity index (χ1n) is 6.29. The number of rotatable bonds is 5. The maximum atomic E-state index is 11.8. The maximum Gasteiger partial charge on any atom is 0.137 e. The van der Waals surface area contributed by atoms with Crippen molar-refractivity contribution in [2.45, 2.75) is 26.2 Å². The molecule has 0 amide bonds. The summed E-state index contributed by atoms with van der Waals surface area (Å²) in [4.78, 5) is 11.8. The Bertz CT molecular complexity index is 581. The highest BCUT2D eigenvalue weighted by atomic mass is 16.1. The number of hydrogen-bond donors (Lipinski definition) is 0. The molecule has 0 aliphatic rings. The molecule has 92 valence electrons. The molecule has 0 radical (unpaired) electrons. The molecule has 0 bridgehead atoms. The summed E-state index contributed by atoms with van der Waals surface area (Å²) in [6.07, 6.45) is 1.92. The zero-order valence-corrected chi connectivity index (χ0v) is 10.8. The predicted molar refractivity (Wildman–Crippen MR) is 76.7 cm³/mol. The van der Waals surface area contributed by atoms with Gasteiger partial charge in [-0.3, -0.25) is 4.79 Å². The Hall–Kier alpha value is -1.89. The van der Waals surface area contributed by atoms with E-state index in [4.69, 9.17) is 0 Å². The largest absolute Gasteiger partial charge is 0.299 e. The zero-order valence-electron chi connectivity index (χ0n) is 10.8. The van der Waals surface area contributed by atoms with Crippen molar-refractivity contribution in [3.05, 3.63) is 60.2 Å². The standard InChI is InChI=1S/C17H18O/c1-13(2)7-10-17(18)12-14-8-9-15-5-3-4-6-16(15)11-14/h3-6,8-9,11H,1,7,10,12H2,2H3. The highest BCUT2D eigenvalue weighted by Crippen LogP contribution is 2.16. The van der Waals surface area contributed by atoms with Crippen LogP contribution in [0.15, 0.2) is 54.6 Å². The average Bonchev–Trinajstić information content (AvgIpc) is 2.36. The molecule has 0 spiro atoms. The molecule has 18 heavy (non-hydrogen) atoms. The van der Waals surface area contributed by atoms with E-state index in [9.17, 15) is 4.79 Å². The molecular formula is C17H18O. The molecule has 0 unspecified atom stereocenters. The summed E-state index contributed by atoms with van der Waals surface area (Å²) < 4.78 is 0. The quantitative estimate of drug-likeness (QED) is 0.709. The van der Waals surface area contributed by atoms with E-state index in [2.05, 4.69) is 30.8 Å². The minimum absolute atomic E-state index is 0.285. The SMILES string of the molecule is C=C(C)CCC(=O)Cc1ccc2ccccc2c1. The van der Waals surface area contributed by atoms with Crippen molar-refractivity contribution >= 4 is 16.6 Å². The van der Waals surface area contributed by atoms with Crippen LogP contribution < -0.4 is 0 Å². The summed E-state index contributed by atoms with van der Waals surface area (Å²) in [5, 5.41) is 2.42. The minimum Gasteiger partial charge on any atom is -0.299 e. The molecule has 0 aromatic heterocycles. The highest BCUT2D eigenvalue weighted by Gasteiger charge is 2.04. The topological polar surface area (TPSA) is 17.1 Å². The van der Waals surface area contributed by atoms with Crippen molar-refractivity contribution in [2.75, 3.05) is 0 Å². The van der Waals surface area contributed by atoms with E-state index in [1.54, 1.807) is 0 Å². The number of hydrogen-bond acceptors (Lipinski definition) is 1. The van der Waals surface area contributed by atoms with Gasteiger partial charge in [-0.05, 0) is 29.7 Å². The molecule has 0 saturated carbocycles. The van der Waals surface area contributed by atoms with Gasteiger partial charge < -0.3 is 0 Å². The normalized spacial score (nSPS) is 10.5. The van der Waals surface area contributed by atoms with Crippen molar-refractivity contribution in [1.82, 2.24) is 0 Å². The minimum atomic E-state index is 0.285. The fourth-order valence-corrected chi connectivity index (χ4v) is 2.02. The van der Waals surface area contributed by atoms with Gasteiger partial charge in [-0.1, -0.05) is 48.0 Å². The van der Waals surface area contributed by atoms with E-state index in [0.29, 0.717) is 12.8 Å². The monoisotopic (exact) mass is 238 g/mol. The summed E-state index contributed by atoms with van der Waals surface area (Å²) in [6, 6.07) is 14.4. The van der Waals surface area contributed by atoms with Gasteiger partial charge in [0.2, 0.25) is 0 Å². The third-order valence-electron chi connectivity index (χ3n) is 3.05. The van der Waals surface area contributed by atoms with E-state index >= 15 is 0 Å². The first kappa shape index (κ1) is 12.6. The number of benzene rings is 2. The second kappa shape index (κ2) is 5.63. The number of Topliss-reactive ketones (excluding diaryl/α,β-unsaturated/α-hetero) is 1. The molecule has 0 heterocycles. The van der Waals surface area contributed by atoms with Gasteiger partial charge in [0.25, 0.3) is 0 Å². The molecule has 1 nitrogen and oxygen atoms in total. The Morgan fingerprint density at radius 3 is 2.50 bits per heavy atom. The fraction of sp³-hybridized carbons (Fsp3) is 0.235. The Labute approximate surface area is 108 Å². The maximum absolute atomic E-state index is 11.8. The molecule has 0 atom stereocenters. The lowest BCUT2D eigenvalue weighted by Gasteiger charge is -2.04. The van der Waals surface area contributed by atoms with Crippen LogP contribution in [0.5, 0.6) is 0 Å². The van der Waals surface area contributed by atoms with E-state index in [0.717, 1.165) is 17.6 Å². The summed E-state index contributed by atoms with van der Waals surface area (Å²) in [5.41, 5.74) is 2.17. The second-order valence-corrected chi connectivity index (χ2v) is 4.85. The predicted octanol–water partition coefficient (Wildman–Crippen LogP) is 4.31. The van der Waals surface area contributed by atoms with Gasteiger partial charge in [0.1, 0.15) is 5.78 Å². The van der Waals surface area contributed by atoms with Gasteiger partial charge in [0.05, 0.1) is 0 Å². The van der Waals surface area contributed by atoms with Gasteiger partial charge >= 0.3 is 0 Å². The molecule has 2 rings (SSSR count). The number of allylic oxidation sites excluding steroid dienone is 1. The van der Waals surface area contributed by atoms with E-state index in [-0.39, 0.29) is 5.78 Å². The molecule has 0 aliphatic heterocycles. The smallest absolute Gasteiger partial charge is 0.137 e. The third kappa shape index (κ3) is 3.30. The Kier molecular flexibility index (Phi) is 3.93. The average molecular weight is 238 g/mol. The van der Waals surface area contributed by atoms with Crippen LogP contribution in [0.2, 0.25) is 0 Å². The van der Waals surface area contributed by atoms with E-state index in [1.807, 2.05) is 25.1 Å². The zero-order chi connectivity index (χ0) is 13.0. The van der Waals surface area contributed by atoms with Crippen molar-refractivity contribution in [2.24, 2.45) is 0 Å². The number of carbonyl (C=O) groups is 1. The summed E-state index contributed by atoms with van der Waals surface area (Å²) in [6.45, 7) is 5.78. The first-order valence-corrected chi connectivity index (χ1v) is 6.29. The van der Waals surface area contributed by atoms with Crippen LogP contribution in [0.25, 0.3) is 10.8 Å². The van der Waals surface area contributed by atoms with E-state index in [1.165, 1.54) is 10.8 Å². The molecule has 0 aliphatic carbocycles. The lowest BCUT2D eigenvalue weighted by atomic mass is 10.0. The molecular weight excluding hydrogens is 220 g/mol. The Morgan fingerprint density at radius 2 is 1.78 bits per heavy atom. The number of carbonyl (C=O) groups excluding carboxylic acids is 1. The lowest BCUT2D eigenvalue weighted by molar-refractivity contribution is -0.118. The number of fused-ring (bicyclic) bond motifs is 1. The van der Waals surface area contributed by atoms with Crippen molar-refractivity contribution in [3.63, 3.8) is 0 Å². The Balaban J connectivity index is 2.07. The summed E-state index contributed by atoms with van der Waals surface area (Å²) in [7, 11) is 0. The van der Waals surface area contributed by atoms with Crippen LogP contribution in [-0.4, -0.2) is 5.78 Å². The van der Waals surface area contributed by atoms with Crippen LogP contribution in [0.4, 0.5) is 0 Å². The van der Waals surface area contributed by atoms with Crippen molar-refractivity contribution < 1.29 is 4.79 Å². The highest BCUT2D eigenvalue weighted by molar-refractivity contribution is 5.86. The molecule has 1 heteroatoms. The first-order chi connectivity index (χ1) is 8.65. The van der Waals surface area contributed by atoms with Crippen LogP contribution >= 0.6 is 0 Å². The second-order valence-electron chi connectivity index (χ2n) is 4.85. The van der Waals surface area contributed by atoms with Gasteiger partial charge in [0.15, 0.2) is 0 Å². The fourth-order valence-electron chi connectivity index (χ4n) is 2.02. The van der Waals surface area contributed by atoms with Crippen LogP contribution in [0.1, 0.15) is 25.3 Å². The summed E-state index contributed by atoms with van der Waals surface area (Å²) >= 11 is 0. The molecule has 2 aromatic rings. The van der Waals surface area contributed by atoms with Crippen molar-refractivity contribution in [3.8, 4) is 0 Å². The molecule has 0 fully saturated rings. The van der Waals surface area contributed by atoms with Crippen molar-refractivity contribution in [1.29, 1.82) is 0 Å². The van der Waals surface area contributed by atoms with Gasteiger partial charge in [-0.25, -0.2) is 0 Å². The lowest BCUT2D eigenvalue weighted by Crippen LogP contribution is -2.02. The summed E-state index contributed by atoms with van der Waals surface area (Å²) in [5.74, 6) is 0.285. The van der Waals surface area contributed by atoms with E-state index < -0.39 is 0 Å². The number of ketones is 1. The van der Waals surface area contributed by atoms with Crippen LogP contribution in [-0.2, 0) is 11.2 Å². The third-order valence-corrected chi connectivity index (χ3v) is 3.05. The Morgan fingerprint density at radius 1 is 1.06 bits per heavy atom. The van der Waals surface area contributed by atoms with Gasteiger partial charge in [-0.2, -0.15) is 0 Å². The molecule has 0 N–H and O–H groups in total. The van der Waals surface area contributed by atoms with Crippen LogP contribution in [0.3, 0.4) is 0 Å². The van der Waals surface area contributed by atoms with Gasteiger partial charge in [-0.15, -0.1) is 6.58 Å². The van der Waals surface area contributed by atoms with Gasteiger partial charge in [0, 0.05) is 12.8 Å². The van der Waals surface area contributed by atoms with Crippen LogP contribution in [0, 0.1) is 0 Å². The molecule has 0 saturated heterocycles. The molecule has 2 aromatic carbocycles.